The first kappa shape index (κ1) is 22.0. The Hall–Kier alpha value is -2.26. The van der Waals surface area contributed by atoms with Gasteiger partial charge in [0, 0.05) is 23.3 Å². The van der Waals surface area contributed by atoms with E-state index in [1.54, 1.807) is 42.5 Å². The largest absolute Gasteiger partial charge is 0.332 e. The highest BCUT2D eigenvalue weighted by Crippen LogP contribution is 2.14. The van der Waals surface area contributed by atoms with Crippen LogP contribution >= 0.6 is 23.8 Å². The number of halogens is 1. The van der Waals surface area contributed by atoms with Gasteiger partial charge in [-0.1, -0.05) is 30.7 Å². The van der Waals surface area contributed by atoms with E-state index in [0.717, 1.165) is 5.56 Å². The average molecular weight is 438 g/mol. The summed E-state index contributed by atoms with van der Waals surface area (Å²) in [5.74, 6) is -0.393. The molecule has 1 amide bonds. The number of anilines is 1. The topological polar surface area (TPSA) is 87.3 Å². The van der Waals surface area contributed by atoms with Crippen LogP contribution in [0.1, 0.15) is 18.9 Å². The maximum absolute atomic E-state index is 12.0. The normalized spacial score (nSPS) is 11.4. The number of benzene rings is 2. The monoisotopic (exact) mass is 437 g/mol. The predicted molar refractivity (Wildman–Crippen MR) is 117 cm³/mol. The third-order valence-electron chi connectivity index (χ3n) is 3.50. The van der Waals surface area contributed by atoms with Crippen LogP contribution in [0.25, 0.3) is 6.08 Å². The highest BCUT2D eigenvalue weighted by Gasteiger charge is 2.12. The van der Waals surface area contributed by atoms with E-state index >= 15 is 0 Å². The first-order chi connectivity index (χ1) is 13.3. The lowest BCUT2D eigenvalue weighted by atomic mass is 10.2. The second kappa shape index (κ2) is 10.3. The molecule has 0 heterocycles. The van der Waals surface area contributed by atoms with Crippen LogP contribution in [0.3, 0.4) is 0 Å². The standard InChI is InChI=1S/C19H20ClN3O3S2/c1-2-13-21-28(25,26)17-10-8-16(9-11-17)22-19(27)23-18(24)12-5-14-3-6-15(20)7-4-14/h3-12,21H,2,13H2,1H3,(H2,22,23,24,27)/b12-5+. The second-order valence-corrected chi connectivity index (χ2v) is 8.36. The molecule has 28 heavy (non-hydrogen) atoms. The van der Waals surface area contributed by atoms with Gasteiger partial charge in [-0.15, -0.1) is 0 Å². The van der Waals surface area contributed by atoms with Gasteiger partial charge in [0.25, 0.3) is 0 Å². The average Bonchev–Trinajstić information content (AvgIpc) is 2.66. The summed E-state index contributed by atoms with van der Waals surface area (Å²) in [7, 11) is -3.52. The molecule has 0 spiro atoms. The Balaban J connectivity index is 1.90. The summed E-state index contributed by atoms with van der Waals surface area (Å²) < 4.78 is 26.6. The molecule has 0 aliphatic rings. The molecule has 0 atom stereocenters. The van der Waals surface area contributed by atoms with Gasteiger partial charge in [-0.3, -0.25) is 10.1 Å². The van der Waals surface area contributed by atoms with Gasteiger partial charge < -0.3 is 5.32 Å². The smallest absolute Gasteiger partial charge is 0.250 e. The Morgan fingerprint density at radius 3 is 2.36 bits per heavy atom. The zero-order valence-corrected chi connectivity index (χ0v) is 17.5. The molecule has 0 bridgehead atoms. The van der Waals surface area contributed by atoms with Crippen molar-refractivity contribution >= 4 is 56.6 Å². The van der Waals surface area contributed by atoms with Crippen molar-refractivity contribution in [1.82, 2.24) is 10.0 Å². The van der Waals surface area contributed by atoms with E-state index in [1.165, 1.54) is 18.2 Å². The predicted octanol–water partition coefficient (Wildman–Crippen LogP) is 3.55. The van der Waals surface area contributed by atoms with Gasteiger partial charge >= 0.3 is 0 Å². The van der Waals surface area contributed by atoms with E-state index in [2.05, 4.69) is 15.4 Å². The van der Waals surface area contributed by atoms with Crippen LogP contribution in [-0.2, 0) is 14.8 Å². The fraction of sp³-hybridized carbons (Fsp3) is 0.158. The second-order valence-electron chi connectivity index (χ2n) is 5.75. The fourth-order valence-electron chi connectivity index (χ4n) is 2.10. The fourth-order valence-corrected chi connectivity index (χ4v) is 3.58. The summed E-state index contributed by atoms with van der Waals surface area (Å²) in [6, 6.07) is 13.1. The molecule has 0 saturated carbocycles. The van der Waals surface area contributed by atoms with Crippen LogP contribution in [0.5, 0.6) is 0 Å². The molecule has 0 saturated heterocycles. The molecule has 2 aromatic rings. The van der Waals surface area contributed by atoms with Gasteiger partial charge in [0.15, 0.2) is 5.11 Å². The lowest BCUT2D eigenvalue weighted by Crippen LogP contribution is -2.32. The molecule has 0 aromatic heterocycles. The molecule has 0 fully saturated rings. The number of thiocarbonyl (C=S) groups is 1. The zero-order chi connectivity index (χ0) is 20.6. The number of amides is 1. The van der Waals surface area contributed by atoms with E-state index < -0.39 is 15.9 Å². The third-order valence-corrected chi connectivity index (χ3v) is 5.43. The van der Waals surface area contributed by atoms with Gasteiger partial charge in [0.1, 0.15) is 0 Å². The molecule has 148 valence electrons. The minimum Gasteiger partial charge on any atom is -0.332 e. The van der Waals surface area contributed by atoms with E-state index in [9.17, 15) is 13.2 Å². The van der Waals surface area contributed by atoms with E-state index in [0.29, 0.717) is 23.7 Å². The zero-order valence-electron chi connectivity index (χ0n) is 15.1. The molecule has 2 aromatic carbocycles. The summed E-state index contributed by atoms with van der Waals surface area (Å²) in [6.07, 6.45) is 3.70. The van der Waals surface area contributed by atoms with Crippen molar-refractivity contribution in [3.05, 3.63) is 65.2 Å². The molecule has 3 N–H and O–H groups in total. The summed E-state index contributed by atoms with van der Waals surface area (Å²) in [4.78, 5) is 12.1. The van der Waals surface area contributed by atoms with Crippen LogP contribution in [0.2, 0.25) is 5.02 Å². The number of rotatable bonds is 7. The van der Waals surface area contributed by atoms with Gasteiger partial charge in [0.05, 0.1) is 4.90 Å². The molecular formula is C19H20ClN3O3S2. The van der Waals surface area contributed by atoms with E-state index in [4.69, 9.17) is 23.8 Å². The van der Waals surface area contributed by atoms with Crippen LogP contribution < -0.4 is 15.4 Å². The minimum absolute atomic E-state index is 0.102. The highest BCUT2D eigenvalue weighted by atomic mass is 35.5. The van der Waals surface area contributed by atoms with Crippen molar-refractivity contribution in [2.45, 2.75) is 18.2 Å². The van der Waals surface area contributed by atoms with Crippen molar-refractivity contribution in [3.8, 4) is 0 Å². The van der Waals surface area contributed by atoms with Crippen molar-refractivity contribution < 1.29 is 13.2 Å². The lowest BCUT2D eigenvalue weighted by molar-refractivity contribution is -0.115. The molecule has 0 aliphatic carbocycles. The Morgan fingerprint density at radius 1 is 1.11 bits per heavy atom. The van der Waals surface area contributed by atoms with Gasteiger partial charge in [-0.05, 0) is 66.7 Å². The number of nitrogens with one attached hydrogen (secondary N) is 3. The highest BCUT2D eigenvalue weighted by molar-refractivity contribution is 7.89. The lowest BCUT2D eigenvalue weighted by Gasteiger charge is -2.10. The molecule has 2 rings (SSSR count). The van der Waals surface area contributed by atoms with Crippen LogP contribution in [0, 0.1) is 0 Å². The molecule has 0 unspecified atom stereocenters. The maximum Gasteiger partial charge on any atom is 0.250 e. The molecule has 0 aliphatic heterocycles. The van der Waals surface area contributed by atoms with Crippen LogP contribution in [0.4, 0.5) is 5.69 Å². The van der Waals surface area contributed by atoms with Gasteiger partial charge in [-0.2, -0.15) is 0 Å². The Bertz CT molecular complexity index is 957. The summed E-state index contributed by atoms with van der Waals surface area (Å²) in [5, 5.41) is 6.07. The number of carbonyl (C=O) groups is 1. The van der Waals surface area contributed by atoms with Gasteiger partial charge in [-0.25, -0.2) is 13.1 Å². The molecular weight excluding hydrogens is 418 g/mol. The number of hydrogen-bond acceptors (Lipinski definition) is 4. The first-order valence-electron chi connectivity index (χ1n) is 8.45. The molecule has 9 heteroatoms. The number of sulfonamides is 1. The van der Waals surface area contributed by atoms with Crippen molar-refractivity contribution in [1.29, 1.82) is 0 Å². The summed E-state index contributed by atoms with van der Waals surface area (Å²) in [6.45, 7) is 2.26. The quantitative estimate of drug-likeness (QED) is 0.455. The van der Waals surface area contributed by atoms with Crippen molar-refractivity contribution in [2.75, 3.05) is 11.9 Å². The van der Waals surface area contributed by atoms with Gasteiger partial charge in [0.2, 0.25) is 15.9 Å². The SMILES string of the molecule is CCCNS(=O)(=O)c1ccc(NC(=S)NC(=O)/C=C/c2ccc(Cl)cc2)cc1. The summed E-state index contributed by atoms with van der Waals surface area (Å²) >= 11 is 10.9. The molecule has 6 nitrogen and oxygen atoms in total. The van der Waals surface area contributed by atoms with E-state index in [-0.39, 0.29) is 10.0 Å². The summed E-state index contributed by atoms with van der Waals surface area (Å²) in [5.41, 5.74) is 1.38. The van der Waals surface area contributed by atoms with Crippen LogP contribution in [-0.4, -0.2) is 26.0 Å². The number of hydrogen-bond donors (Lipinski definition) is 3. The third kappa shape index (κ3) is 7.05. The van der Waals surface area contributed by atoms with Crippen molar-refractivity contribution in [3.63, 3.8) is 0 Å². The first-order valence-corrected chi connectivity index (χ1v) is 10.7. The van der Waals surface area contributed by atoms with Crippen LogP contribution in [0.15, 0.2) is 59.5 Å². The van der Waals surface area contributed by atoms with Crippen molar-refractivity contribution in [2.24, 2.45) is 0 Å². The number of carbonyl (C=O) groups excluding carboxylic acids is 1. The Kier molecular flexibility index (Phi) is 8.13. The Labute approximate surface area is 175 Å². The molecule has 0 radical (unpaired) electrons. The maximum atomic E-state index is 12.0. The minimum atomic E-state index is -3.52. The van der Waals surface area contributed by atoms with E-state index in [1.807, 2.05) is 6.92 Å². The Morgan fingerprint density at radius 2 is 1.75 bits per heavy atom.